The minimum Gasteiger partial charge on any atom is -0.302 e. The lowest BCUT2D eigenvalue weighted by atomic mass is 10.1. The number of halogens is 1. The van der Waals surface area contributed by atoms with Gasteiger partial charge in [-0.15, -0.1) is 0 Å². The SMILES string of the molecule is CN(CCCC(=O)c1ccc(F)cc1)Cc1cnn(C)c1. The smallest absolute Gasteiger partial charge is 0.162 e. The molecule has 0 aliphatic carbocycles. The van der Waals surface area contributed by atoms with Crippen LogP contribution in [0.15, 0.2) is 36.7 Å². The molecule has 0 aliphatic heterocycles. The van der Waals surface area contributed by atoms with Crippen molar-refractivity contribution < 1.29 is 9.18 Å². The Morgan fingerprint density at radius 1 is 1.33 bits per heavy atom. The van der Waals surface area contributed by atoms with Crippen molar-refractivity contribution in [3.63, 3.8) is 0 Å². The summed E-state index contributed by atoms with van der Waals surface area (Å²) in [7, 11) is 3.92. The van der Waals surface area contributed by atoms with Crippen LogP contribution in [-0.4, -0.2) is 34.1 Å². The molecular formula is C16H20FN3O. The molecule has 4 nitrogen and oxygen atoms in total. The number of aromatic nitrogens is 2. The van der Waals surface area contributed by atoms with Gasteiger partial charge in [0.1, 0.15) is 5.82 Å². The van der Waals surface area contributed by atoms with Crippen molar-refractivity contribution in [2.45, 2.75) is 19.4 Å². The average molecular weight is 289 g/mol. The van der Waals surface area contributed by atoms with E-state index in [2.05, 4.69) is 10.00 Å². The van der Waals surface area contributed by atoms with Gasteiger partial charge in [0.05, 0.1) is 6.20 Å². The van der Waals surface area contributed by atoms with Crippen molar-refractivity contribution in [3.8, 4) is 0 Å². The second-order valence-corrected chi connectivity index (χ2v) is 5.29. The average Bonchev–Trinajstić information content (AvgIpc) is 2.84. The van der Waals surface area contributed by atoms with Crippen LogP contribution in [0.2, 0.25) is 0 Å². The van der Waals surface area contributed by atoms with Gasteiger partial charge in [-0.3, -0.25) is 9.48 Å². The van der Waals surface area contributed by atoms with Gasteiger partial charge in [0.15, 0.2) is 5.78 Å². The zero-order valence-corrected chi connectivity index (χ0v) is 12.4. The molecule has 0 aliphatic rings. The van der Waals surface area contributed by atoms with Crippen LogP contribution in [0.4, 0.5) is 4.39 Å². The van der Waals surface area contributed by atoms with Gasteiger partial charge in [0.2, 0.25) is 0 Å². The fourth-order valence-corrected chi connectivity index (χ4v) is 2.23. The van der Waals surface area contributed by atoms with Crippen LogP contribution in [0.3, 0.4) is 0 Å². The highest BCUT2D eigenvalue weighted by Crippen LogP contribution is 2.08. The molecule has 0 amide bonds. The molecule has 5 heteroatoms. The van der Waals surface area contributed by atoms with Gasteiger partial charge in [0, 0.05) is 37.3 Å². The van der Waals surface area contributed by atoms with Crippen LogP contribution >= 0.6 is 0 Å². The van der Waals surface area contributed by atoms with E-state index in [1.54, 1.807) is 4.68 Å². The van der Waals surface area contributed by atoms with Crippen LogP contribution in [-0.2, 0) is 13.6 Å². The Morgan fingerprint density at radius 2 is 2.05 bits per heavy atom. The second kappa shape index (κ2) is 7.13. The molecule has 1 heterocycles. The summed E-state index contributed by atoms with van der Waals surface area (Å²) < 4.78 is 14.6. The van der Waals surface area contributed by atoms with E-state index in [1.807, 2.05) is 26.5 Å². The van der Waals surface area contributed by atoms with Crippen molar-refractivity contribution in [3.05, 3.63) is 53.6 Å². The number of aryl methyl sites for hydroxylation is 1. The molecular weight excluding hydrogens is 269 g/mol. The summed E-state index contributed by atoms with van der Waals surface area (Å²) in [6.07, 6.45) is 5.09. The molecule has 0 saturated heterocycles. The Morgan fingerprint density at radius 3 is 2.67 bits per heavy atom. The van der Waals surface area contributed by atoms with Gasteiger partial charge in [-0.25, -0.2) is 4.39 Å². The lowest BCUT2D eigenvalue weighted by molar-refractivity contribution is 0.0976. The van der Waals surface area contributed by atoms with Gasteiger partial charge in [-0.1, -0.05) is 0 Å². The van der Waals surface area contributed by atoms with Crippen molar-refractivity contribution in [2.24, 2.45) is 7.05 Å². The van der Waals surface area contributed by atoms with Crippen molar-refractivity contribution in [1.29, 1.82) is 0 Å². The number of ketones is 1. The van der Waals surface area contributed by atoms with Gasteiger partial charge < -0.3 is 4.90 Å². The molecule has 2 rings (SSSR count). The number of hydrogen-bond donors (Lipinski definition) is 0. The summed E-state index contributed by atoms with van der Waals surface area (Å²) in [5, 5.41) is 4.13. The van der Waals surface area contributed by atoms with Crippen molar-refractivity contribution in [2.75, 3.05) is 13.6 Å². The zero-order valence-electron chi connectivity index (χ0n) is 12.4. The minimum absolute atomic E-state index is 0.0600. The maximum atomic E-state index is 12.8. The number of hydrogen-bond acceptors (Lipinski definition) is 3. The highest BCUT2D eigenvalue weighted by Gasteiger charge is 2.07. The molecule has 0 saturated carbocycles. The van der Waals surface area contributed by atoms with E-state index in [-0.39, 0.29) is 11.6 Å². The van der Waals surface area contributed by atoms with Crippen LogP contribution in [0, 0.1) is 5.82 Å². The normalized spacial score (nSPS) is 11.0. The quantitative estimate of drug-likeness (QED) is 0.735. The van der Waals surface area contributed by atoms with E-state index in [0.717, 1.165) is 25.1 Å². The number of Topliss-reactive ketones (excluding diaryl/α,β-unsaturated/α-hetero) is 1. The lowest BCUT2D eigenvalue weighted by Gasteiger charge is -2.15. The third-order valence-corrected chi connectivity index (χ3v) is 3.32. The molecule has 0 N–H and O–H groups in total. The van der Waals surface area contributed by atoms with Gasteiger partial charge in [-0.2, -0.15) is 5.10 Å². The van der Waals surface area contributed by atoms with Gasteiger partial charge >= 0.3 is 0 Å². The van der Waals surface area contributed by atoms with E-state index < -0.39 is 0 Å². The molecule has 112 valence electrons. The topological polar surface area (TPSA) is 38.1 Å². The van der Waals surface area contributed by atoms with Crippen LogP contribution in [0.25, 0.3) is 0 Å². The van der Waals surface area contributed by atoms with E-state index in [0.29, 0.717) is 12.0 Å². The zero-order chi connectivity index (χ0) is 15.2. The maximum Gasteiger partial charge on any atom is 0.162 e. The molecule has 21 heavy (non-hydrogen) atoms. The summed E-state index contributed by atoms with van der Waals surface area (Å²) in [5.41, 5.74) is 1.73. The predicted octanol–water partition coefficient (Wildman–Crippen LogP) is 2.65. The molecule has 0 fully saturated rings. The monoisotopic (exact) mass is 289 g/mol. The number of carbonyl (C=O) groups excluding carboxylic acids is 1. The molecule has 0 atom stereocenters. The van der Waals surface area contributed by atoms with Crippen molar-refractivity contribution in [1.82, 2.24) is 14.7 Å². The minimum atomic E-state index is -0.317. The molecule has 1 aromatic heterocycles. The van der Waals surface area contributed by atoms with Gasteiger partial charge in [0.25, 0.3) is 0 Å². The predicted molar refractivity (Wildman–Crippen MR) is 79.5 cm³/mol. The standard InChI is InChI=1S/C16H20FN3O/c1-19(11-13-10-18-20(2)12-13)9-3-4-16(21)14-5-7-15(17)8-6-14/h5-8,10,12H,3-4,9,11H2,1-2H3. The third kappa shape index (κ3) is 4.79. The molecule has 1 aromatic carbocycles. The largest absolute Gasteiger partial charge is 0.302 e. The van der Waals surface area contributed by atoms with E-state index >= 15 is 0 Å². The summed E-state index contributed by atoms with van der Waals surface area (Å²) in [6, 6.07) is 5.72. The summed E-state index contributed by atoms with van der Waals surface area (Å²) in [6.45, 7) is 1.65. The maximum absolute atomic E-state index is 12.8. The van der Waals surface area contributed by atoms with Crippen LogP contribution < -0.4 is 0 Å². The number of rotatable bonds is 7. The molecule has 0 radical (unpaired) electrons. The highest BCUT2D eigenvalue weighted by molar-refractivity contribution is 5.95. The number of carbonyl (C=O) groups is 1. The first-order valence-corrected chi connectivity index (χ1v) is 6.99. The highest BCUT2D eigenvalue weighted by atomic mass is 19.1. The van der Waals surface area contributed by atoms with E-state index in [1.165, 1.54) is 24.3 Å². The van der Waals surface area contributed by atoms with E-state index in [4.69, 9.17) is 0 Å². The van der Waals surface area contributed by atoms with Crippen LogP contribution in [0.5, 0.6) is 0 Å². The van der Waals surface area contributed by atoms with Crippen LogP contribution in [0.1, 0.15) is 28.8 Å². The fraction of sp³-hybridized carbons (Fsp3) is 0.375. The Hall–Kier alpha value is -2.01. The Bertz CT molecular complexity index is 592. The van der Waals surface area contributed by atoms with Gasteiger partial charge in [-0.05, 0) is 44.3 Å². The number of nitrogens with zero attached hydrogens (tertiary/aromatic N) is 3. The fourth-order valence-electron chi connectivity index (χ4n) is 2.23. The summed E-state index contributed by atoms with van der Waals surface area (Å²) >= 11 is 0. The molecule has 2 aromatic rings. The summed E-state index contributed by atoms with van der Waals surface area (Å²) in [4.78, 5) is 14.1. The summed E-state index contributed by atoms with van der Waals surface area (Å²) in [5.74, 6) is -0.257. The Kier molecular flexibility index (Phi) is 5.22. The molecule has 0 spiro atoms. The molecule has 0 bridgehead atoms. The second-order valence-electron chi connectivity index (χ2n) is 5.29. The first-order valence-electron chi connectivity index (χ1n) is 6.99. The number of benzene rings is 1. The third-order valence-electron chi connectivity index (χ3n) is 3.32. The van der Waals surface area contributed by atoms with Crippen molar-refractivity contribution >= 4 is 5.78 Å². The Labute approximate surface area is 124 Å². The molecule has 0 unspecified atom stereocenters. The first-order chi connectivity index (χ1) is 10.0. The Balaban J connectivity index is 1.73. The first kappa shape index (κ1) is 15.4. The van der Waals surface area contributed by atoms with E-state index in [9.17, 15) is 9.18 Å². The lowest BCUT2D eigenvalue weighted by Crippen LogP contribution is -2.19.